The first-order valence-electron chi connectivity index (χ1n) is 6.14. The Kier molecular flexibility index (Phi) is 3.97. The van der Waals surface area contributed by atoms with E-state index in [0.29, 0.717) is 10.7 Å². The highest BCUT2D eigenvalue weighted by molar-refractivity contribution is 6.34. The largest absolute Gasteiger partial charge is 0.397 e. The zero-order valence-corrected chi connectivity index (χ0v) is 11.2. The highest BCUT2D eigenvalue weighted by Crippen LogP contribution is 2.34. The van der Waals surface area contributed by atoms with Crippen molar-refractivity contribution in [2.24, 2.45) is 5.92 Å². The fraction of sp³-hybridized carbons (Fsp3) is 0.462. The average Bonchev–Trinajstić information content (AvgIpc) is 2.38. The number of carbonyl (C=O) groups is 1. The third-order valence-electron chi connectivity index (χ3n) is 3.45. The summed E-state index contributed by atoms with van der Waals surface area (Å²) in [5.41, 5.74) is 7.56. The van der Waals surface area contributed by atoms with Crippen LogP contribution in [-0.4, -0.2) is 26.0 Å². The van der Waals surface area contributed by atoms with Gasteiger partial charge in [0, 0.05) is 26.1 Å². The van der Waals surface area contributed by atoms with Gasteiger partial charge in [-0.2, -0.15) is 0 Å². The van der Waals surface area contributed by atoms with E-state index in [1.165, 1.54) is 0 Å². The lowest BCUT2D eigenvalue weighted by molar-refractivity contribution is -0.125. The Hall–Kier alpha value is -1.42. The van der Waals surface area contributed by atoms with Gasteiger partial charge in [-0.15, -0.1) is 0 Å². The molecule has 0 unspecified atom stereocenters. The molecule has 4 nitrogen and oxygen atoms in total. The number of nitrogens with one attached hydrogen (secondary N) is 1. The zero-order chi connectivity index (χ0) is 13.1. The minimum Gasteiger partial charge on any atom is -0.397 e. The van der Waals surface area contributed by atoms with E-state index in [0.717, 1.165) is 31.6 Å². The summed E-state index contributed by atoms with van der Waals surface area (Å²) in [6.07, 6.45) is 1.68. The Labute approximate surface area is 112 Å². The van der Waals surface area contributed by atoms with Crippen LogP contribution in [0.5, 0.6) is 0 Å². The number of nitrogens with two attached hydrogens (primary N) is 1. The molecule has 1 amide bonds. The van der Waals surface area contributed by atoms with E-state index in [2.05, 4.69) is 10.2 Å². The van der Waals surface area contributed by atoms with E-state index in [1.807, 2.05) is 18.2 Å². The number of carbonyl (C=O) groups excluding carboxylic acids is 1. The fourth-order valence-electron chi connectivity index (χ4n) is 2.44. The number of piperidine rings is 1. The number of hydrogen-bond acceptors (Lipinski definition) is 3. The number of benzene rings is 1. The van der Waals surface area contributed by atoms with Gasteiger partial charge in [0.25, 0.3) is 0 Å². The van der Waals surface area contributed by atoms with Crippen LogP contribution in [0.1, 0.15) is 12.8 Å². The van der Waals surface area contributed by atoms with Crippen LogP contribution in [-0.2, 0) is 4.79 Å². The molecule has 1 aliphatic rings. The Morgan fingerprint density at radius 2 is 2.11 bits per heavy atom. The Balaban J connectivity index is 2.08. The van der Waals surface area contributed by atoms with Gasteiger partial charge in [0.1, 0.15) is 0 Å². The van der Waals surface area contributed by atoms with Crippen molar-refractivity contribution >= 4 is 28.9 Å². The molecular weight excluding hydrogens is 250 g/mol. The molecule has 2 rings (SSSR count). The second-order valence-corrected chi connectivity index (χ2v) is 4.96. The smallest absolute Gasteiger partial charge is 0.222 e. The predicted octanol–water partition coefficient (Wildman–Crippen LogP) is 1.88. The molecule has 18 heavy (non-hydrogen) atoms. The third-order valence-corrected chi connectivity index (χ3v) is 3.75. The summed E-state index contributed by atoms with van der Waals surface area (Å²) in [6.45, 7) is 1.62. The van der Waals surface area contributed by atoms with E-state index in [1.54, 1.807) is 7.05 Å². The van der Waals surface area contributed by atoms with Gasteiger partial charge in [-0.25, -0.2) is 0 Å². The van der Waals surface area contributed by atoms with Crippen molar-refractivity contribution in [3.8, 4) is 0 Å². The Bertz CT molecular complexity index is 422. The second kappa shape index (κ2) is 5.48. The molecule has 0 bridgehead atoms. The normalized spacial score (nSPS) is 16.7. The number of hydrogen-bond donors (Lipinski definition) is 2. The molecule has 0 atom stereocenters. The van der Waals surface area contributed by atoms with Crippen LogP contribution in [0.25, 0.3) is 0 Å². The van der Waals surface area contributed by atoms with E-state index < -0.39 is 0 Å². The molecule has 0 saturated carbocycles. The van der Waals surface area contributed by atoms with Crippen LogP contribution in [0.15, 0.2) is 18.2 Å². The molecule has 1 aromatic carbocycles. The molecule has 3 N–H and O–H groups in total. The van der Waals surface area contributed by atoms with Gasteiger partial charge in [0.05, 0.1) is 16.4 Å². The van der Waals surface area contributed by atoms with Gasteiger partial charge in [0.15, 0.2) is 0 Å². The van der Waals surface area contributed by atoms with Crippen LogP contribution >= 0.6 is 11.6 Å². The molecule has 0 aliphatic carbocycles. The molecule has 1 aliphatic heterocycles. The molecular formula is C13H18ClN3O. The number of nitrogen functional groups attached to an aromatic ring is 1. The first-order valence-corrected chi connectivity index (χ1v) is 6.51. The van der Waals surface area contributed by atoms with Crippen molar-refractivity contribution in [3.63, 3.8) is 0 Å². The number of para-hydroxylation sites is 1. The molecule has 1 fully saturated rings. The van der Waals surface area contributed by atoms with Gasteiger partial charge in [-0.3, -0.25) is 4.79 Å². The molecule has 0 spiro atoms. The summed E-state index contributed by atoms with van der Waals surface area (Å²) in [5, 5.41) is 3.38. The van der Waals surface area contributed by atoms with Crippen LogP contribution in [0.3, 0.4) is 0 Å². The molecule has 1 saturated heterocycles. The maximum absolute atomic E-state index is 11.6. The average molecular weight is 268 g/mol. The molecule has 98 valence electrons. The summed E-state index contributed by atoms with van der Waals surface area (Å²) < 4.78 is 0. The number of halogens is 1. The van der Waals surface area contributed by atoms with Crippen molar-refractivity contribution in [2.45, 2.75) is 12.8 Å². The van der Waals surface area contributed by atoms with Crippen LogP contribution in [0, 0.1) is 5.92 Å². The molecule has 5 heteroatoms. The molecule has 0 radical (unpaired) electrons. The maximum atomic E-state index is 11.6. The second-order valence-electron chi connectivity index (χ2n) is 4.55. The summed E-state index contributed by atoms with van der Waals surface area (Å²) in [4.78, 5) is 13.7. The quantitative estimate of drug-likeness (QED) is 0.805. The highest BCUT2D eigenvalue weighted by atomic mass is 35.5. The lowest BCUT2D eigenvalue weighted by atomic mass is 9.95. The van der Waals surface area contributed by atoms with Crippen LogP contribution < -0.4 is 16.0 Å². The van der Waals surface area contributed by atoms with Gasteiger partial charge < -0.3 is 16.0 Å². The van der Waals surface area contributed by atoms with Gasteiger partial charge in [-0.1, -0.05) is 17.7 Å². The standard InChI is InChI=1S/C13H18ClN3O/c1-16-13(18)9-5-7-17(8-6-9)12-10(14)3-2-4-11(12)15/h2-4,9H,5-8,15H2,1H3,(H,16,18). The number of amides is 1. The highest BCUT2D eigenvalue weighted by Gasteiger charge is 2.25. The number of rotatable bonds is 2. The van der Waals surface area contributed by atoms with Gasteiger partial charge >= 0.3 is 0 Å². The monoisotopic (exact) mass is 267 g/mol. The molecule has 1 heterocycles. The van der Waals surface area contributed by atoms with Crippen LogP contribution in [0.2, 0.25) is 5.02 Å². The van der Waals surface area contributed by atoms with E-state index in [4.69, 9.17) is 17.3 Å². The third kappa shape index (κ3) is 2.53. The summed E-state index contributed by atoms with van der Waals surface area (Å²) >= 11 is 6.19. The summed E-state index contributed by atoms with van der Waals surface area (Å²) in [6, 6.07) is 5.54. The minimum absolute atomic E-state index is 0.106. The zero-order valence-electron chi connectivity index (χ0n) is 10.4. The van der Waals surface area contributed by atoms with E-state index in [9.17, 15) is 4.79 Å². The summed E-state index contributed by atoms with van der Waals surface area (Å²) in [5.74, 6) is 0.233. The molecule has 1 aromatic rings. The van der Waals surface area contributed by atoms with Crippen molar-refractivity contribution in [3.05, 3.63) is 23.2 Å². The first-order chi connectivity index (χ1) is 8.63. The number of anilines is 2. The van der Waals surface area contributed by atoms with Gasteiger partial charge in [-0.05, 0) is 25.0 Å². The van der Waals surface area contributed by atoms with E-state index >= 15 is 0 Å². The first kappa shape index (κ1) is 13.0. The van der Waals surface area contributed by atoms with Crippen LogP contribution in [0.4, 0.5) is 11.4 Å². The Morgan fingerprint density at radius 3 is 2.67 bits per heavy atom. The van der Waals surface area contributed by atoms with Gasteiger partial charge in [0.2, 0.25) is 5.91 Å². The number of nitrogens with zero attached hydrogens (tertiary/aromatic N) is 1. The van der Waals surface area contributed by atoms with Crippen molar-refractivity contribution in [2.75, 3.05) is 30.8 Å². The fourth-order valence-corrected chi connectivity index (χ4v) is 2.74. The predicted molar refractivity (Wildman–Crippen MR) is 74.9 cm³/mol. The lowest BCUT2D eigenvalue weighted by Gasteiger charge is -2.34. The topological polar surface area (TPSA) is 58.4 Å². The van der Waals surface area contributed by atoms with Crippen molar-refractivity contribution in [1.29, 1.82) is 0 Å². The maximum Gasteiger partial charge on any atom is 0.222 e. The Morgan fingerprint density at radius 1 is 1.44 bits per heavy atom. The van der Waals surface area contributed by atoms with Crippen molar-refractivity contribution in [1.82, 2.24) is 5.32 Å². The van der Waals surface area contributed by atoms with E-state index in [-0.39, 0.29) is 11.8 Å². The summed E-state index contributed by atoms with van der Waals surface area (Å²) in [7, 11) is 1.68. The molecule has 0 aromatic heterocycles. The lowest BCUT2D eigenvalue weighted by Crippen LogP contribution is -2.39. The SMILES string of the molecule is CNC(=O)C1CCN(c2c(N)cccc2Cl)CC1. The van der Waals surface area contributed by atoms with Crippen molar-refractivity contribution < 1.29 is 4.79 Å². The minimum atomic E-state index is 0.106.